The standard InChI is InChI=1S/C14H24N4O/c1-3-7-15-14-16-8-4-13(18-14)17-11(2)12-5-9-19-10-6-12/h4,8,11-12H,3,5-7,9-10H2,1-2H3,(H2,15,16,17,18). The second-order valence-electron chi connectivity index (χ2n) is 5.08. The molecule has 1 fully saturated rings. The third-order valence-corrected chi connectivity index (χ3v) is 3.54. The molecule has 1 aliphatic rings. The molecular weight excluding hydrogens is 240 g/mol. The Labute approximate surface area is 115 Å². The largest absolute Gasteiger partial charge is 0.381 e. The first-order chi connectivity index (χ1) is 9.29. The first kappa shape index (κ1) is 14.1. The van der Waals surface area contributed by atoms with E-state index in [1.54, 1.807) is 6.20 Å². The molecule has 1 aliphatic heterocycles. The van der Waals surface area contributed by atoms with Crippen molar-refractivity contribution in [3.63, 3.8) is 0 Å². The molecule has 19 heavy (non-hydrogen) atoms. The monoisotopic (exact) mass is 264 g/mol. The molecule has 1 aromatic rings. The number of ether oxygens (including phenoxy) is 1. The van der Waals surface area contributed by atoms with E-state index in [0.29, 0.717) is 17.9 Å². The highest BCUT2D eigenvalue weighted by Gasteiger charge is 2.20. The van der Waals surface area contributed by atoms with Crippen molar-refractivity contribution in [2.24, 2.45) is 5.92 Å². The van der Waals surface area contributed by atoms with Crippen molar-refractivity contribution in [1.29, 1.82) is 0 Å². The minimum Gasteiger partial charge on any atom is -0.381 e. The molecule has 2 N–H and O–H groups in total. The molecule has 106 valence electrons. The molecule has 0 saturated carbocycles. The average Bonchev–Trinajstić information content (AvgIpc) is 2.46. The van der Waals surface area contributed by atoms with Crippen molar-refractivity contribution in [2.45, 2.75) is 39.2 Å². The Bertz CT molecular complexity index is 379. The summed E-state index contributed by atoms with van der Waals surface area (Å²) in [6, 6.07) is 2.34. The van der Waals surface area contributed by atoms with E-state index >= 15 is 0 Å². The summed E-state index contributed by atoms with van der Waals surface area (Å²) in [5.74, 6) is 2.26. The summed E-state index contributed by atoms with van der Waals surface area (Å²) in [7, 11) is 0. The van der Waals surface area contributed by atoms with Crippen LogP contribution >= 0.6 is 0 Å². The third kappa shape index (κ3) is 4.35. The van der Waals surface area contributed by atoms with Gasteiger partial charge in [0.25, 0.3) is 0 Å². The number of nitrogens with one attached hydrogen (secondary N) is 2. The van der Waals surface area contributed by atoms with E-state index in [0.717, 1.165) is 44.8 Å². The Morgan fingerprint density at radius 1 is 1.42 bits per heavy atom. The van der Waals surface area contributed by atoms with Gasteiger partial charge in [-0.3, -0.25) is 0 Å². The SMILES string of the molecule is CCCNc1nccc(NC(C)C2CCOCC2)n1. The highest BCUT2D eigenvalue weighted by molar-refractivity contribution is 5.40. The molecule has 2 heterocycles. The zero-order valence-electron chi connectivity index (χ0n) is 11.9. The zero-order valence-corrected chi connectivity index (χ0v) is 11.9. The van der Waals surface area contributed by atoms with Gasteiger partial charge in [0.15, 0.2) is 0 Å². The molecule has 1 aromatic heterocycles. The van der Waals surface area contributed by atoms with Crippen LogP contribution in [0.25, 0.3) is 0 Å². The molecule has 2 rings (SSSR count). The zero-order chi connectivity index (χ0) is 13.5. The molecule has 0 aliphatic carbocycles. The molecule has 0 radical (unpaired) electrons. The summed E-state index contributed by atoms with van der Waals surface area (Å²) >= 11 is 0. The normalized spacial score (nSPS) is 18.0. The van der Waals surface area contributed by atoms with Gasteiger partial charge in [-0.05, 0) is 38.2 Å². The van der Waals surface area contributed by atoms with E-state index in [1.807, 2.05) is 6.07 Å². The van der Waals surface area contributed by atoms with E-state index < -0.39 is 0 Å². The van der Waals surface area contributed by atoms with Crippen molar-refractivity contribution in [2.75, 3.05) is 30.4 Å². The van der Waals surface area contributed by atoms with Crippen LogP contribution in [0.2, 0.25) is 0 Å². The molecule has 1 atom stereocenters. The number of nitrogens with zero attached hydrogens (tertiary/aromatic N) is 2. The van der Waals surface area contributed by atoms with Gasteiger partial charge in [0, 0.05) is 32.0 Å². The van der Waals surface area contributed by atoms with E-state index in [1.165, 1.54) is 0 Å². The number of hydrogen-bond acceptors (Lipinski definition) is 5. The average molecular weight is 264 g/mol. The molecule has 1 unspecified atom stereocenters. The van der Waals surface area contributed by atoms with E-state index in [2.05, 4.69) is 34.4 Å². The first-order valence-corrected chi connectivity index (χ1v) is 7.20. The lowest BCUT2D eigenvalue weighted by atomic mass is 9.93. The lowest BCUT2D eigenvalue weighted by Crippen LogP contribution is -2.31. The number of aromatic nitrogens is 2. The van der Waals surface area contributed by atoms with Crippen LogP contribution in [0.1, 0.15) is 33.1 Å². The minimum atomic E-state index is 0.415. The van der Waals surface area contributed by atoms with E-state index in [9.17, 15) is 0 Å². The Hall–Kier alpha value is -1.36. The van der Waals surface area contributed by atoms with Crippen LogP contribution in [-0.4, -0.2) is 35.8 Å². The molecule has 1 saturated heterocycles. The Kier molecular flexibility index (Phi) is 5.39. The summed E-state index contributed by atoms with van der Waals surface area (Å²) in [6.45, 7) is 7.01. The topological polar surface area (TPSA) is 59.1 Å². The van der Waals surface area contributed by atoms with Crippen LogP contribution in [0.3, 0.4) is 0 Å². The van der Waals surface area contributed by atoms with Crippen LogP contribution in [0, 0.1) is 5.92 Å². The Morgan fingerprint density at radius 3 is 2.95 bits per heavy atom. The number of rotatable bonds is 6. The fourth-order valence-electron chi connectivity index (χ4n) is 2.33. The van der Waals surface area contributed by atoms with Crippen molar-refractivity contribution in [3.8, 4) is 0 Å². The lowest BCUT2D eigenvalue weighted by molar-refractivity contribution is 0.0622. The maximum Gasteiger partial charge on any atom is 0.224 e. The molecule has 0 amide bonds. The van der Waals surface area contributed by atoms with Gasteiger partial charge in [0.2, 0.25) is 5.95 Å². The third-order valence-electron chi connectivity index (χ3n) is 3.54. The van der Waals surface area contributed by atoms with Gasteiger partial charge in [0.05, 0.1) is 0 Å². The summed E-state index contributed by atoms with van der Waals surface area (Å²) in [5.41, 5.74) is 0. The van der Waals surface area contributed by atoms with Crippen molar-refractivity contribution in [3.05, 3.63) is 12.3 Å². The van der Waals surface area contributed by atoms with Gasteiger partial charge >= 0.3 is 0 Å². The van der Waals surface area contributed by atoms with Crippen molar-refractivity contribution >= 4 is 11.8 Å². The first-order valence-electron chi connectivity index (χ1n) is 7.20. The van der Waals surface area contributed by atoms with Crippen LogP contribution in [0.5, 0.6) is 0 Å². The fraction of sp³-hybridized carbons (Fsp3) is 0.714. The van der Waals surface area contributed by atoms with Crippen LogP contribution < -0.4 is 10.6 Å². The predicted molar refractivity (Wildman–Crippen MR) is 77.4 cm³/mol. The molecule has 5 nitrogen and oxygen atoms in total. The van der Waals surface area contributed by atoms with Gasteiger partial charge < -0.3 is 15.4 Å². The van der Waals surface area contributed by atoms with Gasteiger partial charge in [0.1, 0.15) is 5.82 Å². The van der Waals surface area contributed by atoms with Gasteiger partial charge in [-0.1, -0.05) is 6.92 Å². The summed E-state index contributed by atoms with van der Waals surface area (Å²) in [5, 5.41) is 6.69. The summed E-state index contributed by atoms with van der Waals surface area (Å²) in [6.07, 6.45) is 5.11. The predicted octanol–water partition coefficient (Wildman–Crippen LogP) is 2.53. The maximum absolute atomic E-state index is 5.40. The smallest absolute Gasteiger partial charge is 0.224 e. The molecular formula is C14H24N4O. The van der Waals surface area contributed by atoms with Gasteiger partial charge in [-0.25, -0.2) is 4.98 Å². The Balaban J connectivity index is 1.90. The maximum atomic E-state index is 5.40. The second-order valence-corrected chi connectivity index (χ2v) is 5.08. The number of anilines is 2. The highest BCUT2D eigenvalue weighted by Crippen LogP contribution is 2.21. The molecule has 0 aromatic carbocycles. The van der Waals surface area contributed by atoms with Crippen molar-refractivity contribution < 1.29 is 4.74 Å². The van der Waals surface area contributed by atoms with Gasteiger partial charge in [-0.15, -0.1) is 0 Å². The van der Waals surface area contributed by atoms with Crippen molar-refractivity contribution in [1.82, 2.24) is 9.97 Å². The molecule has 0 spiro atoms. The highest BCUT2D eigenvalue weighted by atomic mass is 16.5. The summed E-state index contributed by atoms with van der Waals surface area (Å²) in [4.78, 5) is 8.69. The lowest BCUT2D eigenvalue weighted by Gasteiger charge is -2.28. The summed E-state index contributed by atoms with van der Waals surface area (Å²) < 4.78 is 5.40. The second kappa shape index (κ2) is 7.28. The quantitative estimate of drug-likeness (QED) is 0.827. The van der Waals surface area contributed by atoms with E-state index in [-0.39, 0.29) is 0 Å². The van der Waals surface area contributed by atoms with Gasteiger partial charge in [-0.2, -0.15) is 4.98 Å². The fourth-order valence-corrected chi connectivity index (χ4v) is 2.33. The molecule has 0 bridgehead atoms. The molecule has 5 heteroatoms. The number of hydrogen-bond donors (Lipinski definition) is 2. The Morgan fingerprint density at radius 2 is 2.21 bits per heavy atom. The van der Waals surface area contributed by atoms with E-state index in [4.69, 9.17) is 4.74 Å². The van der Waals surface area contributed by atoms with Crippen LogP contribution in [-0.2, 0) is 4.74 Å². The van der Waals surface area contributed by atoms with Crippen LogP contribution in [0.4, 0.5) is 11.8 Å². The minimum absolute atomic E-state index is 0.415. The van der Waals surface area contributed by atoms with Crippen LogP contribution in [0.15, 0.2) is 12.3 Å².